The van der Waals surface area contributed by atoms with Crippen LogP contribution in [0.5, 0.6) is 0 Å². The van der Waals surface area contributed by atoms with Crippen LogP contribution in [0.2, 0.25) is 5.02 Å². The molecule has 0 radical (unpaired) electrons. The molecule has 2 aromatic rings. The summed E-state index contributed by atoms with van der Waals surface area (Å²) in [5.41, 5.74) is 1.80. The van der Waals surface area contributed by atoms with Crippen molar-refractivity contribution >= 4 is 23.4 Å². The summed E-state index contributed by atoms with van der Waals surface area (Å²) in [4.78, 5) is 31.3. The molecule has 4 heterocycles. The Kier molecular flexibility index (Phi) is 15.5. The zero-order valence-corrected chi connectivity index (χ0v) is 40.2. The summed E-state index contributed by atoms with van der Waals surface area (Å²) in [5.74, 6) is -3.33. The van der Waals surface area contributed by atoms with Gasteiger partial charge in [0.2, 0.25) is 0 Å². The number of esters is 1. The van der Waals surface area contributed by atoms with E-state index in [1.54, 1.807) is 44.3 Å². The zero-order valence-electron chi connectivity index (χ0n) is 39.4. The van der Waals surface area contributed by atoms with Gasteiger partial charge in [-0.15, -0.1) is 5.10 Å². The molecule has 3 aliphatic carbocycles. The molecule has 3 saturated heterocycles. The number of carbonyl (C=O) groups is 2. The number of likely N-dealkylation sites (N-methyl/N-ethyl adjacent to an activating group) is 1. The van der Waals surface area contributed by atoms with Gasteiger partial charge in [-0.1, -0.05) is 48.9 Å². The molecule has 16 heteroatoms. The first-order valence-electron chi connectivity index (χ1n) is 23.9. The number of nitrogens with zero attached hydrogens (tertiary/aromatic N) is 4. The molecule has 0 spiro atoms. The van der Waals surface area contributed by atoms with Crippen LogP contribution in [-0.4, -0.2) is 141 Å². The molecule has 0 N–H and O–H groups in total. The van der Waals surface area contributed by atoms with Gasteiger partial charge in [-0.3, -0.25) is 9.59 Å². The van der Waals surface area contributed by atoms with Gasteiger partial charge < -0.3 is 42.8 Å². The molecule has 1 aromatic heterocycles. The van der Waals surface area contributed by atoms with Crippen molar-refractivity contribution in [1.82, 2.24) is 19.9 Å². The average molecular weight is 930 g/mol. The molecule has 5 fully saturated rings. The van der Waals surface area contributed by atoms with E-state index in [9.17, 15) is 4.79 Å². The SMILES string of the molecule is CC[C@H]1CCC[C@H](O[C@H]2CC[C@H](N(C)C)C(C)O2)[C@@H](C)C(=O)C2=C[C@H]3[C@@H]4C[C@H](O[C@@H]5OC(C)[C@H](OC)C(OC)[C@@H]5OC)C[C@H]4C(n4cc(-c5cccc(Cl)c5)nn4)[C@@H](F)[C@H]3[C@@H]2CC(=O)O1. The summed E-state index contributed by atoms with van der Waals surface area (Å²) in [6.07, 6.45) is 3.25. The fourth-order valence-electron chi connectivity index (χ4n) is 12.5. The number of allylic oxidation sites excluding steroid dienone is 2. The number of cyclic esters (lactones) is 1. The monoisotopic (exact) mass is 928 g/mol. The molecule has 8 rings (SSSR count). The predicted molar refractivity (Wildman–Crippen MR) is 239 cm³/mol. The third-order valence-electron chi connectivity index (χ3n) is 15.7. The summed E-state index contributed by atoms with van der Waals surface area (Å²) in [6, 6.07) is 6.81. The number of ether oxygens (including phenoxy) is 8. The van der Waals surface area contributed by atoms with Gasteiger partial charge in [0, 0.05) is 55.7 Å². The van der Waals surface area contributed by atoms with Crippen LogP contribution >= 0.6 is 11.6 Å². The van der Waals surface area contributed by atoms with Crippen molar-refractivity contribution in [3.63, 3.8) is 0 Å². The van der Waals surface area contributed by atoms with Crippen LogP contribution in [0, 0.1) is 35.5 Å². The van der Waals surface area contributed by atoms with E-state index < -0.39 is 66.8 Å². The maximum absolute atomic E-state index is 18.3. The number of rotatable bonds is 11. The number of hydrogen-bond donors (Lipinski definition) is 0. The Labute approximate surface area is 388 Å². The third-order valence-corrected chi connectivity index (χ3v) is 16.0. The molecule has 1 aromatic carbocycles. The summed E-state index contributed by atoms with van der Waals surface area (Å²) >= 11 is 6.38. The number of carbonyl (C=O) groups excluding carboxylic acids is 2. The largest absolute Gasteiger partial charge is 0.462 e. The van der Waals surface area contributed by atoms with E-state index in [0.717, 1.165) is 12.0 Å². The molecule has 0 bridgehead atoms. The number of alkyl halides is 1. The maximum Gasteiger partial charge on any atom is 0.306 e. The highest BCUT2D eigenvalue weighted by Crippen LogP contribution is 2.61. The van der Waals surface area contributed by atoms with Crippen LogP contribution in [0.4, 0.5) is 4.39 Å². The van der Waals surface area contributed by atoms with E-state index >= 15 is 9.18 Å². The first-order valence-corrected chi connectivity index (χ1v) is 24.3. The average Bonchev–Trinajstić information content (AvgIpc) is 4.03. The van der Waals surface area contributed by atoms with Crippen LogP contribution < -0.4 is 0 Å². The van der Waals surface area contributed by atoms with Crippen LogP contribution in [0.3, 0.4) is 0 Å². The van der Waals surface area contributed by atoms with Crippen molar-refractivity contribution in [1.29, 1.82) is 0 Å². The third kappa shape index (κ3) is 9.88. The van der Waals surface area contributed by atoms with E-state index in [1.807, 2.05) is 39.0 Å². The van der Waals surface area contributed by atoms with Gasteiger partial charge in [0.15, 0.2) is 18.4 Å². The minimum absolute atomic E-state index is 0.0415. The minimum atomic E-state index is -1.51. The standard InChI is InChI=1S/C49H70ClFN4O10/c1-10-30-15-12-16-39(65-41-18-17-38(54(5)6)26(3)61-41)25(2)45(57)36-22-33-32-20-31(64-49-48(60-9)47(59-8)46(58-7)27(4)62-49)21-35(32)44(43(51)42(33)34(36)23-40(56)63-30)55-24-37(52-53-55)28-13-11-14-29(50)19-28/h11,13-14,19,22,24-27,30-35,38-39,41-44,46-49H,10,12,15-18,20-21,23H2,1-9H3/t25-,26?,27?,30+,31+,32+,33+,34-,35-,38+,39+,41+,42-,43+,44?,46+,47?,48+,49+/m1/s1. The molecular formula is C49H70ClFN4O10. The number of benzene rings is 1. The molecule has 360 valence electrons. The first kappa shape index (κ1) is 48.6. The second kappa shape index (κ2) is 20.8. The van der Waals surface area contributed by atoms with Crippen molar-refractivity contribution in [2.45, 2.75) is 165 Å². The fraction of sp³-hybridized carbons (Fsp3) is 0.755. The lowest BCUT2D eigenvalue weighted by Crippen LogP contribution is -2.59. The molecule has 6 aliphatic rings. The number of halogens is 2. The molecular weight excluding hydrogens is 859 g/mol. The lowest BCUT2D eigenvalue weighted by Gasteiger charge is -2.45. The highest BCUT2D eigenvalue weighted by atomic mass is 35.5. The lowest BCUT2D eigenvalue weighted by molar-refractivity contribution is -0.314. The number of ketones is 1. The van der Waals surface area contributed by atoms with Crippen molar-refractivity contribution in [3.8, 4) is 11.3 Å². The molecule has 19 atom stereocenters. The van der Waals surface area contributed by atoms with Gasteiger partial charge >= 0.3 is 5.97 Å². The number of fused-ring (bicyclic) bond motifs is 5. The van der Waals surface area contributed by atoms with Crippen molar-refractivity contribution in [2.75, 3.05) is 35.4 Å². The Morgan fingerprint density at radius 1 is 0.923 bits per heavy atom. The lowest BCUT2D eigenvalue weighted by atomic mass is 9.63. The molecule has 2 saturated carbocycles. The highest BCUT2D eigenvalue weighted by molar-refractivity contribution is 6.30. The van der Waals surface area contributed by atoms with Crippen LogP contribution in [0.25, 0.3) is 11.3 Å². The number of Topliss-reactive ketones (excluding diaryl/α,β-unsaturated/α-hetero) is 1. The van der Waals surface area contributed by atoms with Crippen LogP contribution in [0.15, 0.2) is 42.1 Å². The number of hydrogen-bond acceptors (Lipinski definition) is 13. The quantitative estimate of drug-likeness (QED) is 0.207. The molecule has 0 amide bonds. The second-order valence-electron chi connectivity index (χ2n) is 19.6. The normalized spacial score (nSPS) is 41.5. The van der Waals surface area contributed by atoms with Crippen molar-refractivity contribution < 1.29 is 51.9 Å². The summed E-state index contributed by atoms with van der Waals surface area (Å²) in [6.45, 7) is 7.92. The van der Waals surface area contributed by atoms with Crippen LogP contribution in [-0.2, 0) is 47.5 Å². The zero-order chi connectivity index (χ0) is 46.3. The van der Waals surface area contributed by atoms with Crippen molar-refractivity contribution in [3.05, 3.63) is 47.1 Å². The number of methoxy groups -OCH3 is 3. The van der Waals surface area contributed by atoms with Crippen molar-refractivity contribution in [2.24, 2.45) is 35.5 Å². The second-order valence-corrected chi connectivity index (χ2v) is 20.1. The van der Waals surface area contributed by atoms with Gasteiger partial charge in [-0.2, -0.15) is 0 Å². The van der Waals surface area contributed by atoms with E-state index in [2.05, 4.69) is 36.2 Å². The Bertz CT molecular complexity index is 1990. The number of aromatic nitrogens is 3. The van der Waals surface area contributed by atoms with Gasteiger partial charge in [-0.25, -0.2) is 9.07 Å². The predicted octanol–water partition coefficient (Wildman–Crippen LogP) is 7.42. The van der Waals surface area contributed by atoms with Gasteiger partial charge in [-0.05, 0) is 115 Å². The minimum Gasteiger partial charge on any atom is -0.462 e. The Hall–Kier alpha value is -2.86. The van der Waals surface area contributed by atoms with E-state index in [-0.39, 0.29) is 66.5 Å². The molecule has 4 unspecified atom stereocenters. The molecule has 14 nitrogen and oxygen atoms in total. The highest BCUT2D eigenvalue weighted by Gasteiger charge is 2.61. The summed E-state index contributed by atoms with van der Waals surface area (Å²) < 4.78 is 70.1. The van der Waals surface area contributed by atoms with Gasteiger partial charge in [0.1, 0.15) is 36.3 Å². The Balaban J connectivity index is 1.14. The maximum atomic E-state index is 18.3. The van der Waals surface area contributed by atoms with E-state index in [1.165, 1.54) is 0 Å². The summed E-state index contributed by atoms with van der Waals surface area (Å²) in [5, 5.41) is 9.65. The van der Waals surface area contributed by atoms with E-state index in [4.69, 9.17) is 49.5 Å². The molecule has 65 heavy (non-hydrogen) atoms. The smallest absolute Gasteiger partial charge is 0.306 e. The van der Waals surface area contributed by atoms with Gasteiger partial charge in [0.05, 0.1) is 43.1 Å². The Morgan fingerprint density at radius 3 is 2.37 bits per heavy atom. The topological polar surface area (TPSA) is 142 Å². The summed E-state index contributed by atoms with van der Waals surface area (Å²) in [7, 11) is 8.96. The first-order chi connectivity index (χ1) is 31.2. The molecule has 3 aliphatic heterocycles. The Morgan fingerprint density at radius 2 is 1.68 bits per heavy atom. The van der Waals surface area contributed by atoms with Crippen LogP contribution in [0.1, 0.15) is 91.5 Å². The van der Waals surface area contributed by atoms with Gasteiger partial charge in [0.25, 0.3) is 0 Å². The van der Waals surface area contributed by atoms with E-state index in [0.29, 0.717) is 61.2 Å². The fourth-order valence-corrected chi connectivity index (χ4v) is 12.7.